The molecule has 0 aromatic heterocycles. The molecule has 3 atom stereocenters. The molecule has 16 heavy (non-hydrogen) atoms. The molecule has 1 aliphatic rings. The van der Waals surface area contributed by atoms with Gasteiger partial charge in [-0.2, -0.15) is 0 Å². The molecule has 0 aromatic rings. The van der Waals surface area contributed by atoms with Crippen LogP contribution in [-0.2, 0) is 4.79 Å². The SMILES string of the molecule is CC1CCCCC(C(=O)O)CC(Cl)CCC1. The minimum Gasteiger partial charge on any atom is -0.481 e. The molecule has 0 spiro atoms. The zero-order valence-corrected chi connectivity index (χ0v) is 10.9. The van der Waals surface area contributed by atoms with Crippen molar-refractivity contribution in [2.75, 3.05) is 0 Å². The zero-order chi connectivity index (χ0) is 12.0. The maximum atomic E-state index is 11.1. The molecule has 1 N–H and O–H groups in total. The third-order valence-electron chi connectivity index (χ3n) is 3.60. The second kappa shape index (κ2) is 7.16. The molecule has 0 heterocycles. The highest BCUT2D eigenvalue weighted by molar-refractivity contribution is 6.20. The molecule has 1 aliphatic carbocycles. The molecular weight excluding hydrogens is 224 g/mol. The summed E-state index contributed by atoms with van der Waals surface area (Å²) in [6.07, 6.45) is 8.22. The molecule has 0 radical (unpaired) electrons. The van der Waals surface area contributed by atoms with Crippen molar-refractivity contribution in [3.63, 3.8) is 0 Å². The van der Waals surface area contributed by atoms with E-state index in [2.05, 4.69) is 6.92 Å². The Kier molecular flexibility index (Phi) is 6.18. The quantitative estimate of drug-likeness (QED) is 0.709. The van der Waals surface area contributed by atoms with Gasteiger partial charge in [0, 0.05) is 5.38 Å². The van der Waals surface area contributed by atoms with Crippen LogP contribution in [0.3, 0.4) is 0 Å². The first-order valence-electron chi connectivity index (χ1n) is 6.46. The van der Waals surface area contributed by atoms with Gasteiger partial charge in [-0.15, -0.1) is 11.6 Å². The Bertz CT molecular complexity index is 218. The standard InChI is InChI=1S/C13H23ClO2/c1-10-5-2-3-7-11(13(15)16)9-12(14)8-4-6-10/h10-12H,2-9H2,1H3,(H,15,16). The van der Waals surface area contributed by atoms with Crippen molar-refractivity contribution in [3.05, 3.63) is 0 Å². The zero-order valence-electron chi connectivity index (χ0n) is 10.1. The predicted molar refractivity (Wildman–Crippen MR) is 66.9 cm³/mol. The van der Waals surface area contributed by atoms with Gasteiger partial charge < -0.3 is 5.11 Å². The van der Waals surface area contributed by atoms with Crippen molar-refractivity contribution in [1.82, 2.24) is 0 Å². The van der Waals surface area contributed by atoms with E-state index in [0.717, 1.165) is 38.0 Å². The lowest BCUT2D eigenvalue weighted by Crippen LogP contribution is -2.18. The van der Waals surface area contributed by atoms with Crippen LogP contribution in [0.4, 0.5) is 0 Å². The molecule has 1 fully saturated rings. The van der Waals surface area contributed by atoms with E-state index in [0.29, 0.717) is 6.42 Å². The van der Waals surface area contributed by atoms with Gasteiger partial charge in [0.2, 0.25) is 0 Å². The largest absolute Gasteiger partial charge is 0.481 e. The van der Waals surface area contributed by atoms with Crippen molar-refractivity contribution >= 4 is 17.6 Å². The van der Waals surface area contributed by atoms with Crippen LogP contribution < -0.4 is 0 Å². The fourth-order valence-electron chi connectivity index (χ4n) is 2.48. The molecule has 0 saturated heterocycles. The molecule has 1 rings (SSSR count). The molecule has 0 aromatic carbocycles. The van der Waals surface area contributed by atoms with E-state index in [9.17, 15) is 4.79 Å². The third-order valence-corrected chi connectivity index (χ3v) is 4.00. The van der Waals surface area contributed by atoms with Crippen molar-refractivity contribution in [2.24, 2.45) is 11.8 Å². The molecule has 0 bridgehead atoms. The van der Waals surface area contributed by atoms with Crippen molar-refractivity contribution in [3.8, 4) is 0 Å². The Balaban J connectivity index is 2.49. The van der Waals surface area contributed by atoms with Gasteiger partial charge in [-0.05, 0) is 25.2 Å². The lowest BCUT2D eigenvalue weighted by Gasteiger charge is -2.15. The number of aliphatic carboxylic acids is 1. The summed E-state index contributed by atoms with van der Waals surface area (Å²) < 4.78 is 0. The molecule has 1 saturated carbocycles. The summed E-state index contributed by atoms with van der Waals surface area (Å²) in [7, 11) is 0. The molecule has 3 heteroatoms. The number of rotatable bonds is 1. The second-order valence-electron chi connectivity index (χ2n) is 5.19. The average molecular weight is 247 g/mol. The Hall–Kier alpha value is -0.240. The normalized spacial score (nSPS) is 34.0. The molecule has 3 unspecified atom stereocenters. The Morgan fingerprint density at radius 2 is 1.75 bits per heavy atom. The van der Waals surface area contributed by atoms with Gasteiger partial charge in [-0.3, -0.25) is 4.79 Å². The van der Waals surface area contributed by atoms with E-state index >= 15 is 0 Å². The summed E-state index contributed by atoms with van der Waals surface area (Å²) >= 11 is 6.20. The highest BCUT2D eigenvalue weighted by atomic mass is 35.5. The molecule has 0 aliphatic heterocycles. The van der Waals surface area contributed by atoms with Gasteiger partial charge in [0.05, 0.1) is 5.92 Å². The maximum Gasteiger partial charge on any atom is 0.306 e. The van der Waals surface area contributed by atoms with Crippen LogP contribution in [0, 0.1) is 11.8 Å². The van der Waals surface area contributed by atoms with Gasteiger partial charge in [-0.1, -0.05) is 39.0 Å². The second-order valence-corrected chi connectivity index (χ2v) is 5.81. The van der Waals surface area contributed by atoms with Crippen LogP contribution in [0.1, 0.15) is 58.3 Å². The molecule has 0 amide bonds. The number of carboxylic acid groups (broad SMARTS) is 1. The molecule has 2 nitrogen and oxygen atoms in total. The van der Waals surface area contributed by atoms with Crippen LogP contribution in [-0.4, -0.2) is 16.5 Å². The maximum absolute atomic E-state index is 11.1. The summed E-state index contributed by atoms with van der Waals surface area (Å²) in [4.78, 5) is 11.1. The first-order chi connectivity index (χ1) is 7.59. The number of alkyl halides is 1. The Morgan fingerprint density at radius 1 is 1.12 bits per heavy atom. The van der Waals surface area contributed by atoms with Crippen LogP contribution >= 0.6 is 11.6 Å². The van der Waals surface area contributed by atoms with Crippen molar-refractivity contribution < 1.29 is 9.90 Å². The summed E-state index contributed by atoms with van der Waals surface area (Å²) in [5.41, 5.74) is 0. The number of hydrogen-bond donors (Lipinski definition) is 1. The van der Waals surface area contributed by atoms with E-state index in [1.54, 1.807) is 0 Å². The van der Waals surface area contributed by atoms with Crippen LogP contribution in [0.2, 0.25) is 0 Å². The fourth-order valence-corrected chi connectivity index (χ4v) is 2.85. The lowest BCUT2D eigenvalue weighted by atomic mass is 9.95. The highest BCUT2D eigenvalue weighted by Crippen LogP contribution is 2.26. The van der Waals surface area contributed by atoms with E-state index in [1.165, 1.54) is 12.8 Å². The third kappa shape index (κ3) is 5.20. The molecular formula is C13H23ClO2. The van der Waals surface area contributed by atoms with E-state index in [-0.39, 0.29) is 11.3 Å². The van der Waals surface area contributed by atoms with Gasteiger partial charge in [0.1, 0.15) is 0 Å². The van der Waals surface area contributed by atoms with E-state index in [1.807, 2.05) is 0 Å². The number of halogens is 1. The smallest absolute Gasteiger partial charge is 0.306 e. The topological polar surface area (TPSA) is 37.3 Å². The van der Waals surface area contributed by atoms with Crippen molar-refractivity contribution in [1.29, 1.82) is 0 Å². The minimum absolute atomic E-state index is 0.0476. The number of carboxylic acids is 1. The van der Waals surface area contributed by atoms with Crippen LogP contribution in [0.25, 0.3) is 0 Å². The number of carbonyl (C=O) groups is 1. The predicted octanol–water partition coefficient (Wildman–Crippen LogP) is 4.07. The first kappa shape index (κ1) is 13.8. The van der Waals surface area contributed by atoms with Crippen LogP contribution in [0.15, 0.2) is 0 Å². The van der Waals surface area contributed by atoms with Gasteiger partial charge in [0.15, 0.2) is 0 Å². The number of hydrogen-bond acceptors (Lipinski definition) is 1. The van der Waals surface area contributed by atoms with Crippen molar-refractivity contribution in [2.45, 2.75) is 63.7 Å². The summed E-state index contributed by atoms with van der Waals surface area (Å²) in [5, 5.41) is 9.15. The Labute approximate surface area is 103 Å². The minimum atomic E-state index is -0.669. The van der Waals surface area contributed by atoms with E-state index < -0.39 is 5.97 Å². The average Bonchev–Trinajstić information content (AvgIpc) is 2.24. The van der Waals surface area contributed by atoms with Gasteiger partial charge in [-0.25, -0.2) is 0 Å². The Morgan fingerprint density at radius 3 is 2.44 bits per heavy atom. The monoisotopic (exact) mass is 246 g/mol. The summed E-state index contributed by atoms with van der Waals surface area (Å²) in [6, 6.07) is 0. The summed E-state index contributed by atoms with van der Waals surface area (Å²) in [6.45, 7) is 2.29. The fraction of sp³-hybridized carbons (Fsp3) is 0.923. The van der Waals surface area contributed by atoms with Gasteiger partial charge in [0.25, 0.3) is 0 Å². The van der Waals surface area contributed by atoms with E-state index in [4.69, 9.17) is 16.7 Å². The van der Waals surface area contributed by atoms with Gasteiger partial charge >= 0.3 is 5.97 Å². The van der Waals surface area contributed by atoms with Crippen LogP contribution in [0.5, 0.6) is 0 Å². The highest BCUT2D eigenvalue weighted by Gasteiger charge is 2.21. The molecule has 94 valence electrons. The summed E-state index contributed by atoms with van der Waals surface area (Å²) in [5.74, 6) is -0.126. The first-order valence-corrected chi connectivity index (χ1v) is 6.90. The lowest BCUT2D eigenvalue weighted by molar-refractivity contribution is -0.142.